The minimum atomic E-state index is -5.09. The number of anilines is 1. The standard InChI is InChI=1S/C28H23F7N6O2S/c29-21-14-38-22(19-2-1-17(27(30,31)32)10-20(19)28(33,34)35)9-16(21)13-36-12-15-4-7-41(8-5-15)25-37-6-3-18(39-25)11-23-24(42)40-26(43)44-23/h1-3,6,9-11,14-15,36H,4-5,7-8,12-13H2,(H,40,42,43)/b23-11+. The third kappa shape index (κ3) is 7.35. The van der Waals surface area contributed by atoms with Gasteiger partial charge in [-0.3, -0.25) is 19.9 Å². The van der Waals surface area contributed by atoms with Crippen LogP contribution in [-0.4, -0.2) is 45.7 Å². The first-order valence-electron chi connectivity index (χ1n) is 13.2. The van der Waals surface area contributed by atoms with E-state index in [1.807, 2.05) is 4.90 Å². The van der Waals surface area contributed by atoms with Gasteiger partial charge in [-0.05, 0) is 67.4 Å². The third-order valence-corrected chi connectivity index (χ3v) is 7.90. The van der Waals surface area contributed by atoms with Gasteiger partial charge in [0.05, 0.1) is 33.6 Å². The lowest BCUT2D eigenvalue weighted by molar-refractivity contribution is -0.142. The Morgan fingerprint density at radius 1 is 1.02 bits per heavy atom. The Morgan fingerprint density at radius 2 is 1.77 bits per heavy atom. The summed E-state index contributed by atoms with van der Waals surface area (Å²) in [7, 11) is 0. The summed E-state index contributed by atoms with van der Waals surface area (Å²) in [6.07, 6.45) is -4.76. The number of halogens is 7. The summed E-state index contributed by atoms with van der Waals surface area (Å²) in [5.41, 5.74) is -3.34. The molecule has 16 heteroatoms. The highest BCUT2D eigenvalue weighted by Gasteiger charge is 2.38. The molecule has 4 heterocycles. The molecule has 0 atom stereocenters. The van der Waals surface area contributed by atoms with Crippen LogP contribution in [0.1, 0.15) is 35.2 Å². The molecule has 0 radical (unpaired) electrons. The van der Waals surface area contributed by atoms with Gasteiger partial charge in [-0.25, -0.2) is 14.4 Å². The van der Waals surface area contributed by atoms with E-state index in [0.717, 1.165) is 36.9 Å². The Bertz CT molecular complexity index is 1600. The van der Waals surface area contributed by atoms with Crippen LogP contribution in [0, 0.1) is 11.7 Å². The zero-order valence-corrected chi connectivity index (χ0v) is 23.4. The van der Waals surface area contributed by atoms with Crippen molar-refractivity contribution in [1.29, 1.82) is 0 Å². The number of pyridine rings is 1. The normalized spacial score (nSPS) is 17.4. The molecular formula is C28H23F7N6O2S. The molecule has 2 aromatic heterocycles. The van der Waals surface area contributed by atoms with Gasteiger partial charge in [0.1, 0.15) is 5.82 Å². The van der Waals surface area contributed by atoms with E-state index in [4.69, 9.17) is 0 Å². The smallest absolute Gasteiger partial charge is 0.341 e. The van der Waals surface area contributed by atoms with Crippen LogP contribution >= 0.6 is 11.8 Å². The first-order valence-corrected chi connectivity index (χ1v) is 14.1. The average molecular weight is 641 g/mol. The summed E-state index contributed by atoms with van der Waals surface area (Å²) in [6, 6.07) is 3.98. The van der Waals surface area contributed by atoms with Gasteiger partial charge >= 0.3 is 12.4 Å². The maximum Gasteiger partial charge on any atom is 0.417 e. The van der Waals surface area contributed by atoms with Crippen LogP contribution in [-0.2, 0) is 23.7 Å². The Balaban J connectivity index is 1.19. The molecule has 8 nitrogen and oxygen atoms in total. The minimum absolute atomic E-state index is 0.0237. The van der Waals surface area contributed by atoms with Gasteiger partial charge in [0, 0.05) is 37.0 Å². The van der Waals surface area contributed by atoms with Crippen LogP contribution in [0.25, 0.3) is 17.3 Å². The summed E-state index contributed by atoms with van der Waals surface area (Å²) in [5, 5.41) is 4.84. The predicted octanol–water partition coefficient (Wildman–Crippen LogP) is 6.05. The number of carbonyl (C=O) groups is 2. The number of alkyl halides is 6. The van der Waals surface area contributed by atoms with Gasteiger partial charge in [-0.1, -0.05) is 6.07 Å². The molecule has 2 N–H and O–H groups in total. The van der Waals surface area contributed by atoms with Crippen LogP contribution in [0.4, 0.5) is 41.5 Å². The highest BCUT2D eigenvalue weighted by Crippen LogP contribution is 2.40. The van der Waals surface area contributed by atoms with Crippen molar-refractivity contribution in [2.24, 2.45) is 5.92 Å². The van der Waals surface area contributed by atoms with Crippen LogP contribution in [0.3, 0.4) is 0 Å². The molecule has 0 aliphatic carbocycles. The number of hydrogen-bond donors (Lipinski definition) is 2. The number of amides is 2. The van der Waals surface area contributed by atoms with Gasteiger partial charge < -0.3 is 10.2 Å². The Labute approximate surface area is 250 Å². The minimum Gasteiger partial charge on any atom is -0.341 e. The molecule has 2 saturated heterocycles. The van der Waals surface area contributed by atoms with Gasteiger partial charge in [0.2, 0.25) is 5.95 Å². The van der Waals surface area contributed by atoms with Crippen molar-refractivity contribution < 1.29 is 40.3 Å². The molecule has 0 bridgehead atoms. The van der Waals surface area contributed by atoms with E-state index >= 15 is 0 Å². The summed E-state index contributed by atoms with van der Waals surface area (Å²) < 4.78 is 94.5. The van der Waals surface area contributed by atoms with E-state index in [1.54, 1.807) is 12.3 Å². The van der Waals surface area contributed by atoms with E-state index in [0.29, 0.717) is 43.4 Å². The predicted molar refractivity (Wildman–Crippen MR) is 147 cm³/mol. The molecule has 2 aliphatic heterocycles. The highest BCUT2D eigenvalue weighted by molar-refractivity contribution is 8.18. The van der Waals surface area contributed by atoms with Crippen LogP contribution < -0.4 is 15.5 Å². The summed E-state index contributed by atoms with van der Waals surface area (Å²) >= 11 is 0.790. The summed E-state index contributed by atoms with van der Waals surface area (Å²) in [6.45, 7) is 1.67. The molecule has 0 saturated carbocycles. The second kappa shape index (κ2) is 12.5. The van der Waals surface area contributed by atoms with Crippen molar-refractivity contribution >= 4 is 34.9 Å². The molecule has 2 aliphatic rings. The Hall–Kier alpha value is -4.05. The molecule has 5 rings (SSSR count). The van der Waals surface area contributed by atoms with E-state index in [9.17, 15) is 40.3 Å². The number of aromatic nitrogens is 3. The molecule has 2 fully saturated rings. The van der Waals surface area contributed by atoms with Gasteiger partial charge in [0.25, 0.3) is 11.1 Å². The number of thioether (sulfide) groups is 1. The number of hydrogen-bond acceptors (Lipinski definition) is 8. The van der Waals surface area contributed by atoms with Crippen LogP contribution in [0.2, 0.25) is 0 Å². The molecule has 44 heavy (non-hydrogen) atoms. The van der Waals surface area contributed by atoms with Gasteiger partial charge in [0.15, 0.2) is 0 Å². The number of rotatable bonds is 7. The zero-order chi connectivity index (χ0) is 31.6. The van der Waals surface area contributed by atoms with Crippen molar-refractivity contribution in [1.82, 2.24) is 25.6 Å². The SMILES string of the molecule is O=C1NC(=O)/C(=C\c2ccnc(N3CCC(CNCc4cc(-c5ccc(C(F)(F)F)cc5C(F)(F)F)ncc4F)CC3)n2)S1. The van der Waals surface area contributed by atoms with Gasteiger partial charge in [-0.2, -0.15) is 26.3 Å². The quantitative estimate of drug-likeness (QED) is 0.238. The van der Waals surface area contributed by atoms with Crippen molar-refractivity contribution in [2.75, 3.05) is 24.5 Å². The number of piperidine rings is 1. The fraction of sp³-hybridized carbons (Fsp3) is 0.321. The second-order valence-corrected chi connectivity index (χ2v) is 11.1. The Kier molecular flexibility index (Phi) is 8.92. The Morgan fingerprint density at radius 3 is 2.43 bits per heavy atom. The van der Waals surface area contributed by atoms with Crippen LogP contribution in [0.5, 0.6) is 0 Å². The lowest BCUT2D eigenvalue weighted by atomic mass is 9.96. The third-order valence-electron chi connectivity index (χ3n) is 7.09. The van der Waals surface area contributed by atoms with Crippen molar-refractivity contribution in [3.63, 3.8) is 0 Å². The molecule has 2 amide bonds. The fourth-order valence-corrected chi connectivity index (χ4v) is 5.51. The largest absolute Gasteiger partial charge is 0.417 e. The molecule has 3 aromatic rings. The molecule has 1 aromatic carbocycles. The maximum atomic E-state index is 14.5. The lowest BCUT2D eigenvalue weighted by Gasteiger charge is -2.32. The van der Waals surface area contributed by atoms with Crippen LogP contribution in [0.15, 0.2) is 47.6 Å². The summed E-state index contributed by atoms with van der Waals surface area (Å²) in [5.74, 6) is -0.589. The number of imide groups is 1. The first kappa shape index (κ1) is 31.4. The van der Waals surface area contributed by atoms with Crippen molar-refractivity contribution in [3.8, 4) is 11.3 Å². The van der Waals surface area contributed by atoms with E-state index in [2.05, 4.69) is 25.6 Å². The molecule has 0 spiro atoms. The topological polar surface area (TPSA) is 100 Å². The van der Waals surface area contributed by atoms with E-state index in [1.165, 1.54) is 6.08 Å². The number of nitrogens with one attached hydrogen (secondary N) is 2. The van der Waals surface area contributed by atoms with E-state index in [-0.39, 0.29) is 34.7 Å². The van der Waals surface area contributed by atoms with E-state index < -0.39 is 46.0 Å². The second-order valence-electron chi connectivity index (χ2n) is 10.1. The average Bonchev–Trinajstić information content (AvgIpc) is 3.29. The molecule has 0 unspecified atom stereocenters. The molecule has 232 valence electrons. The first-order chi connectivity index (χ1) is 20.8. The molecular weight excluding hydrogens is 617 g/mol. The number of carbonyl (C=O) groups excluding carboxylic acids is 2. The summed E-state index contributed by atoms with van der Waals surface area (Å²) in [4.78, 5) is 37.9. The zero-order valence-electron chi connectivity index (χ0n) is 22.6. The highest BCUT2D eigenvalue weighted by atomic mass is 32.2. The lowest BCUT2D eigenvalue weighted by Crippen LogP contribution is -2.38. The van der Waals surface area contributed by atoms with Crippen molar-refractivity contribution in [2.45, 2.75) is 31.7 Å². The van der Waals surface area contributed by atoms with Crippen molar-refractivity contribution in [3.05, 3.63) is 75.8 Å². The monoisotopic (exact) mass is 640 g/mol. The number of nitrogens with zero attached hydrogens (tertiary/aromatic N) is 4. The van der Waals surface area contributed by atoms with Gasteiger partial charge in [-0.15, -0.1) is 0 Å². The fourth-order valence-electron chi connectivity index (χ4n) is 4.84. The number of benzene rings is 1. The maximum absolute atomic E-state index is 14.5.